The Morgan fingerprint density at radius 3 is 2.88 bits per heavy atom. The number of hydrogen-bond acceptors (Lipinski definition) is 2. The summed E-state index contributed by atoms with van der Waals surface area (Å²) in [6.45, 7) is 0.742. The number of hydrogen-bond donors (Lipinski definition) is 2. The predicted molar refractivity (Wildman–Crippen MR) is 61.6 cm³/mol. The third-order valence-corrected chi connectivity index (χ3v) is 2.56. The molecule has 1 aromatic heterocycles. The first-order valence-corrected chi connectivity index (χ1v) is 5.34. The largest absolute Gasteiger partial charge is 0.319 e. The monoisotopic (exact) mass is 237 g/mol. The first-order chi connectivity index (χ1) is 8.22. The molecule has 1 aromatic carbocycles. The van der Waals surface area contributed by atoms with Crippen LogP contribution in [-0.2, 0) is 6.42 Å². The Hall–Kier alpha value is -1.75. The third kappa shape index (κ3) is 2.50. The molecular formula is C12H13F2N3. The SMILES string of the molecule is CNCCc1[nH]ncc1-c1cc(F)ccc1F. The Balaban J connectivity index is 2.38. The summed E-state index contributed by atoms with van der Waals surface area (Å²) in [7, 11) is 1.83. The molecular weight excluding hydrogens is 224 g/mol. The van der Waals surface area contributed by atoms with Gasteiger partial charge in [0.25, 0.3) is 0 Å². The van der Waals surface area contributed by atoms with Crippen LogP contribution in [0, 0.1) is 11.6 Å². The highest BCUT2D eigenvalue weighted by Gasteiger charge is 2.12. The zero-order chi connectivity index (χ0) is 12.3. The lowest BCUT2D eigenvalue weighted by Gasteiger charge is -2.04. The van der Waals surface area contributed by atoms with E-state index in [1.807, 2.05) is 7.05 Å². The van der Waals surface area contributed by atoms with Gasteiger partial charge in [0, 0.05) is 29.8 Å². The highest BCUT2D eigenvalue weighted by atomic mass is 19.1. The molecule has 2 aromatic rings. The number of rotatable bonds is 4. The molecule has 5 heteroatoms. The van der Waals surface area contributed by atoms with Crippen molar-refractivity contribution in [1.82, 2.24) is 15.5 Å². The van der Waals surface area contributed by atoms with Gasteiger partial charge in [-0.3, -0.25) is 5.10 Å². The molecule has 3 nitrogen and oxygen atoms in total. The topological polar surface area (TPSA) is 40.7 Å². The van der Waals surface area contributed by atoms with Crippen LogP contribution in [0.15, 0.2) is 24.4 Å². The Morgan fingerprint density at radius 2 is 2.12 bits per heavy atom. The average molecular weight is 237 g/mol. The summed E-state index contributed by atoms with van der Waals surface area (Å²) < 4.78 is 26.7. The average Bonchev–Trinajstić information content (AvgIpc) is 2.77. The van der Waals surface area contributed by atoms with Gasteiger partial charge in [-0.15, -0.1) is 0 Å². The van der Waals surface area contributed by atoms with E-state index in [2.05, 4.69) is 15.5 Å². The lowest BCUT2D eigenvalue weighted by Crippen LogP contribution is -2.11. The standard InChI is InChI=1S/C12H13F2N3/c1-15-5-4-12-10(7-16-17-12)9-6-8(13)2-3-11(9)14/h2-3,6-7,15H,4-5H2,1H3,(H,16,17). The zero-order valence-corrected chi connectivity index (χ0v) is 9.43. The highest BCUT2D eigenvalue weighted by Crippen LogP contribution is 2.25. The minimum absolute atomic E-state index is 0.241. The van der Waals surface area contributed by atoms with Crippen molar-refractivity contribution in [2.24, 2.45) is 0 Å². The molecule has 0 bridgehead atoms. The molecule has 0 aliphatic rings. The number of aromatic amines is 1. The number of nitrogens with one attached hydrogen (secondary N) is 2. The summed E-state index contributed by atoms with van der Waals surface area (Å²) in [4.78, 5) is 0. The van der Waals surface area contributed by atoms with Gasteiger partial charge in [0.15, 0.2) is 0 Å². The molecule has 0 aliphatic heterocycles. The van der Waals surface area contributed by atoms with Crippen molar-refractivity contribution in [2.45, 2.75) is 6.42 Å². The molecule has 0 radical (unpaired) electrons. The van der Waals surface area contributed by atoms with Gasteiger partial charge >= 0.3 is 0 Å². The van der Waals surface area contributed by atoms with Crippen molar-refractivity contribution in [3.63, 3.8) is 0 Å². The summed E-state index contributed by atoms with van der Waals surface area (Å²) in [6.07, 6.45) is 2.20. The van der Waals surface area contributed by atoms with Crippen molar-refractivity contribution in [2.75, 3.05) is 13.6 Å². The van der Waals surface area contributed by atoms with Gasteiger partial charge in [-0.05, 0) is 25.2 Å². The van der Waals surface area contributed by atoms with Crippen LogP contribution in [0.5, 0.6) is 0 Å². The first kappa shape index (κ1) is 11.7. The maximum atomic E-state index is 13.6. The van der Waals surface area contributed by atoms with Crippen LogP contribution in [0.4, 0.5) is 8.78 Å². The second-order valence-electron chi connectivity index (χ2n) is 3.74. The van der Waals surface area contributed by atoms with E-state index in [0.717, 1.165) is 24.4 Å². The molecule has 17 heavy (non-hydrogen) atoms. The molecule has 0 atom stereocenters. The number of aromatic nitrogens is 2. The smallest absolute Gasteiger partial charge is 0.131 e. The zero-order valence-electron chi connectivity index (χ0n) is 9.43. The van der Waals surface area contributed by atoms with E-state index >= 15 is 0 Å². The van der Waals surface area contributed by atoms with Gasteiger partial charge in [-0.2, -0.15) is 5.10 Å². The van der Waals surface area contributed by atoms with Crippen molar-refractivity contribution < 1.29 is 8.78 Å². The second-order valence-corrected chi connectivity index (χ2v) is 3.74. The molecule has 1 heterocycles. The van der Waals surface area contributed by atoms with E-state index in [0.29, 0.717) is 12.0 Å². The van der Waals surface area contributed by atoms with E-state index in [4.69, 9.17) is 0 Å². The normalized spacial score (nSPS) is 10.8. The van der Waals surface area contributed by atoms with Crippen molar-refractivity contribution in [3.8, 4) is 11.1 Å². The number of H-pyrrole nitrogens is 1. The van der Waals surface area contributed by atoms with E-state index in [9.17, 15) is 8.78 Å². The molecule has 2 rings (SSSR count). The van der Waals surface area contributed by atoms with Crippen LogP contribution in [0.25, 0.3) is 11.1 Å². The lowest BCUT2D eigenvalue weighted by atomic mass is 10.0. The molecule has 0 fully saturated rings. The molecule has 0 spiro atoms. The van der Waals surface area contributed by atoms with Gasteiger partial charge in [-0.1, -0.05) is 0 Å². The summed E-state index contributed by atoms with van der Waals surface area (Å²) in [6, 6.07) is 3.41. The fourth-order valence-electron chi connectivity index (χ4n) is 1.69. The summed E-state index contributed by atoms with van der Waals surface area (Å²) >= 11 is 0. The maximum Gasteiger partial charge on any atom is 0.131 e. The minimum Gasteiger partial charge on any atom is -0.319 e. The van der Waals surface area contributed by atoms with Crippen LogP contribution in [0.3, 0.4) is 0 Å². The van der Waals surface area contributed by atoms with Gasteiger partial charge in [0.2, 0.25) is 0 Å². The van der Waals surface area contributed by atoms with Gasteiger partial charge in [0.05, 0.1) is 6.20 Å². The molecule has 2 N–H and O–H groups in total. The van der Waals surface area contributed by atoms with Crippen LogP contribution < -0.4 is 5.32 Å². The minimum atomic E-state index is -0.456. The van der Waals surface area contributed by atoms with Crippen LogP contribution in [-0.4, -0.2) is 23.8 Å². The van der Waals surface area contributed by atoms with Crippen molar-refractivity contribution >= 4 is 0 Å². The maximum absolute atomic E-state index is 13.6. The van der Waals surface area contributed by atoms with Crippen molar-refractivity contribution in [1.29, 1.82) is 0 Å². The second kappa shape index (κ2) is 5.05. The molecule has 0 saturated heterocycles. The molecule has 0 amide bonds. The Bertz CT molecular complexity index is 508. The Kier molecular flexibility index (Phi) is 3.49. The number of benzene rings is 1. The summed E-state index contributed by atoms with van der Waals surface area (Å²) in [5.74, 6) is -0.902. The van der Waals surface area contributed by atoms with Crippen LogP contribution in [0.1, 0.15) is 5.69 Å². The first-order valence-electron chi connectivity index (χ1n) is 5.34. The predicted octanol–water partition coefficient (Wildman–Crippen LogP) is 2.12. The summed E-state index contributed by atoms with van der Waals surface area (Å²) in [5.41, 5.74) is 1.64. The third-order valence-electron chi connectivity index (χ3n) is 2.56. The van der Waals surface area contributed by atoms with Crippen LogP contribution >= 0.6 is 0 Å². The van der Waals surface area contributed by atoms with Crippen LogP contribution in [0.2, 0.25) is 0 Å². The molecule has 0 aliphatic carbocycles. The fraction of sp³-hybridized carbons (Fsp3) is 0.250. The molecule has 90 valence electrons. The fourth-order valence-corrected chi connectivity index (χ4v) is 1.69. The number of halogens is 2. The number of likely N-dealkylation sites (N-methyl/N-ethyl adjacent to an activating group) is 1. The van der Waals surface area contributed by atoms with E-state index in [-0.39, 0.29) is 5.56 Å². The molecule has 0 saturated carbocycles. The van der Waals surface area contributed by atoms with E-state index in [1.54, 1.807) is 0 Å². The molecule has 0 unspecified atom stereocenters. The quantitative estimate of drug-likeness (QED) is 0.855. The van der Waals surface area contributed by atoms with Gasteiger partial charge < -0.3 is 5.32 Å². The van der Waals surface area contributed by atoms with Gasteiger partial charge in [-0.25, -0.2) is 8.78 Å². The number of nitrogens with zero attached hydrogens (tertiary/aromatic N) is 1. The van der Waals surface area contributed by atoms with Crippen molar-refractivity contribution in [3.05, 3.63) is 41.7 Å². The summed E-state index contributed by atoms with van der Waals surface area (Å²) in [5, 5.41) is 9.68. The van der Waals surface area contributed by atoms with E-state index in [1.165, 1.54) is 12.3 Å². The Morgan fingerprint density at radius 1 is 1.29 bits per heavy atom. The lowest BCUT2D eigenvalue weighted by molar-refractivity contribution is 0.603. The highest BCUT2D eigenvalue weighted by molar-refractivity contribution is 5.65. The van der Waals surface area contributed by atoms with Gasteiger partial charge in [0.1, 0.15) is 11.6 Å². The van der Waals surface area contributed by atoms with E-state index < -0.39 is 11.6 Å². The Labute approximate surface area is 97.9 Å².